The summed E-state index contributed by atoms with van der Waals surface area (Å²) in [6.07, 6.45) is 1.88. The number of amides is 1. The molecule has 0 saturated heterocycles. The molecule has 1 aliphatic rings. The standard InChI is InChI=1S/C14H20N2O/c1-9(10(2)15)14(17)16-13-7-11-5-3-4-6-12(11)8-13/h3-6,9-10,13H,7-8,15H2,1-2H3,(H,16,17). The molecule has 2 rings (SSSR count). The fraction of sp³-hybridized carbons (Fsp3) is 0.500. The monoisotopic (exact) mass is 232 g/mol. The fourth-order valence-corrected chi connectivity index (χ4v) is 2.23. The highest BCUT2D eigenvalue weighted by molar-refractivity contribution is 5.79. The number of rotatable bonds is 3. The first kappa shape index (κ1) is 12.1. The van der Waals surface area contributed by atoms with Crippen molar-refractivity contribution in [1.29, 1.82) is 0 Å². The summed E-state index contributed by atoms with van der Waals surface area (Å²) in [7, 11) is 0. The Balaban J connectivity index is 1.94. The lowest BCUT2D eigenvalue weighted by atomic mass is 10.0. The molecule has 0 heterocycles. The number of benzene rings is 1. The van der Waals surface area contributed by atoms with Crippen LogP contribution in [0.3, 0.4) is 0 Å². The molecule has 0 radical (unpaired) electrons. The third-order valence-corrected chi connectivity index (χ3v) is 3.60. The number of carbonyl (C=O) groups excluding carboxylic acids is 1. The average molecular weight is 232 g/mol. The molecule has 0 fully saturated rings. The normalized spacial score (nSPS) is 18.5. The topological polar surface area (TPSA) is 55.1 Å². The van der Waals surface area contributed by atoms with E-state index < -0.39 is 0 Å². The minimum absolute atomic E-state index is 0.0674. The lowest BCUT2D eigenvalue weighted by Crippen LogP contribution is -2.43. The van der Waals surface area contributed by atoms with E-state index in [-0.39, 0.29) is 23.9 Å². The van der Waals surface area contributed by atoms with Gasteiger partial charge in [-0.3, -0.25) is 4.79 Å². The maximum Gasteiger partial charge on any atom is 0.224 e. The minimum atomic E-state index is -0.126. The van der Waals surface area contributed by atoms with Crippen LogP contribution in [0.2, 0.25) is 0 Å². The van der Waals surface area contributed by atoms with E-state index in [1.165, 1.54) is 11.1 Å². The SMILES string of the molecule is CC(N)C(C)C(=O)NC1Cc2ccccc2C1. The molecule has 2 atom stereocenters. The van der Waals surface area contributed by atoms with Gasteiger partial charge in [-0.15, -0.1) is 0 Å². The van der Waals surface area contributed by atoms with Gasteiger partial charge >= 0.3 is 0 Å². The van der Waals surface area contributed by atoms with Gasteiger partial charge in [-0.2, -0.15) is 0 Å². The van der Waals surface area contributed by atoms with E-state index in [1.807, 2.05) is 26.0 Å². The van der Waals surface area contributed by atoms with Gasteiger partial charge < -0.3 is 11.1 Å². The summed E-state index contributed by atoms with van der Waals surface area (Å²) >= 11 is 0. The van der Waals surface area contributed by atoms with Crippen LogP contribution in [-0.4, -0.2) is 18.0 Å². The highest BCUT2D eigenvalue weighted by Crippen LogP contribution is 2.21. The zero-order valence-electron chi connectivity index (χ0n) is 10.4. The zero-order valence-corrected chi connectivity index (χ0v) is 10.4. The van der Waals surface area contributed by atoms with Crippen LogP contribution in [0, 0.1) is 5.92 Å². The van der Waals surface area contributed by atoms with Gasteiger partial charge in [0.25, 0.3) is 0 Å². The van der Waals surface area contributed by atoms with Crippen molar-refractivity contribution in [2.24, 2.45) is 11.7 Å². The molecule has 1 aromatic rings. The number of nitrogens with two attached hydrogens (primary N) is 1. The number of carbonyl (C=O) groups is 1. The molecule has 17 heavy (non-hydrogen) atoms. The maximum absolute atomic E-state index is 11.9. The number of fused-ring (bicyclic) bond motifs is 1. The first-order valence-corrected chi connectivity index (χ1v) is 6.20. The van der Waals surface area contributed by atoms with E-state index in [4.69, 9.17) is 5.73 Å². The second-order valence-corrected chi connectivity index (χ2v) is 5.03. The van der Waals surface area contributed by atoms with Gasteiger partial charge in [-0.1, -0.05) is 31.2 Å². The van der Waals surface area contributed by atoms with Crippen molar-refractivity contribution >= 4 is 5.91 Å². The molecule has 3 heteroatoms. The molecule has 3 N–H and O–H groups in total. The summed E-state index contributed by atoms with van der Waals surface area (Å²) < 4.78 is 0. The molecule has 0 spiro atoms. The van der Waals surface area contributed by atoms with E-state index in [0.29, 0.717) is 0 Å². The smallest absolute Gasteiger partial charge is 0.224 e. The van der Waals surface area contributed by atoms with Crippen LogP contribution in [0.4, 0.5) is 0 Å². The van der Waals surface area contributed by atoms with Crippen LogP contribution >= 0.6 is 0 Å². The molecule has 1 amide bonds. The summed E-state index contributed by atoms with van der Waals surface area (Å²) in [5.41, 5.74) is 8.44. The van der Waals surface area contributed by atoms with Crippen molar-refractivity contribution < 1.29 is 4.79 Å². The summed E-state index contributed by atoms with van der Waals surface area (Å²) in [6, 6.07) is 8.51. The third-order valence-electron chi connectivity index (χ3n) is 3.60. The lowest BCUT2D eigenvalue weighted by molar-refractivity contribution is -0.125. The van der Waals surface area contributed by atoms with Crippen molar-refractivity contribution in [1.82, 2.24) is 5.32 Å². The Morgan fingerprint density at radius 1 is 1.29 bits per heavy atom. The van der Waals surface area contributed by atoms with E-state index >= 15 is 0 Å². The van der Waals surface area contributed by atoms with Gasteiger partial charge in [-0.25, -0.2) is 0 Å². The number of hydrogen-bond acceptors (Lipinski definition) is 2. The Bertz CT molecular complexity index is 389. The van der Waals surface area contributed by atoms with Crippen LogP contribution in [0.1, 0.15) is 25.0 Å². The predicted molar refractivity (Wildman–Crippen MR) is 68.6 cm³/mol. The van der Waals surface area contributed by atoms with Crippen molar-refractivity contribution in [2.45, 2.75) is 38.8 Å². The van der Waals surface area contributed by atoms with Crippen molar-refractivity contribution in [2.75, 3.05) is 0 Å². The lowest BCUT2D eigenvalue weighted by Gasteiger charge is -2.18. The van der Waals surface area contributed by atoms with Crippen molar-refractivity contribution in [3.8, 4) is 0 Å². The largest absolute Gasteiger partial charge is 0.352 e. The molecule has 1 aromatic carbocycles. The van der Waals surface area contributed by atoms with Gasteiger partial charge in [0, 0.05) is 18.0 Å². The summed E-state index contributed by atoms with van der Waals surface area (Å²) in [6.45, 7) is 3.75. The fourth-order valence-electron chi connectivity index (χ4n) is 2.23. The van der Waals surface area contributed by atoms with Gasteiger partial charge in [-0.05, 0) is 30.9 Å². The quantitative estimate of drug-likeness (QED) is 0.824. The average Bonchev–Trinajstić information content (AvgIpc) is 2.69. The highest BCUT2D eigenvalue weighted by atomic mass is 16.1. The molecule has 3 nitrogen and oxygen atoms in total. The molecule has 0 aromatic heterocycles. The predicted octanol–water partition coefficient (Wildman–Crippen LogP) is 1.25. The maximum atomic E-state index is 11.9. The van der Waals surface area contributed by atoms with Crippen LogP contribution < -0.4 is 11.1 Å². The first-order chi connectivity index (χ1) is 8.08. The van der Waals surface area contributed by atoms with Gasteiger partial charge in [0.05, 0.1) is 0 Å². The number of hydrogen-bond donors (Lipinski definition) is 2. The molecule has 2 unspecified atom stereocenters. The van der Waals surface area contributed by atoms with E-state index in [9.17, 15) is 4.79 Å². The second-order valence-electron chi connectivity index (χ2n) is 5.03. The van der Waals surface area contributed by atoms with Gasteiger partial charge in [0.2, 0.25) is 5.91 Å². The summed E-state index contributed by atoms with van der Waals surface area (Å²) in [4.78, 5) is 11.9. The summed E-state index contributed by atoms with van der Waals surface area (Å²) in [5.74, 6) is -0.0588. The molecular weight excluding hydrogens is 212 g/mol. The van der Waals surface area contributed by atoms with Crippen molar-refractivity contribution in [3.05, 3.63) is 35.4 Å². The zero-order chi connectivity index (χ0) is 12.4. The Morgan fingerprint density at radius 3 is 2.29 bits per heavy atom. The Hall–Kier alpha value is -1.35. The van der Waals surface area contributed by atoms with E-state index in [1.54, 1.807) is 0 Å². The van der Waals surface area contributed by atoms with Crippen LogP contribution in [0.15, 0.2) is 24.3 Å². The third kappa shape index (κ3) is 2.67. The number of nitrogens with one attached hydrogen (secondary N) is 1. The molecular formula is C14H20N2O. The molecule has 0 bridgehead atoms. The molecule has 1 aliphatic carbocycles. The van der Waals surface area contributed by atoms with E-state index in [0.717, 1.165) is 12.8 Å². The Morgan fingerprint density at radius 2 is 1.82 bits per heavy atom. The summed E-state index contributed by atoms with van der Waals surface area (Å²) in [5, 5.41) is 3.09. The molecule has 0 aliphatic heterocycles. The van der Waals surface area contributed by atoms with Crippen LogP contribution in [0.5, 0.6) is 0 Å². The molecule has 92 valence electrons. The minimum Gasteiger partial charge on any atom is -0.352 e. The highest BCUT2D eigenvalue weighted by Gasteiger charge is 2.25. The van der Waals surface area contributed by atoms with E-state index in [2.05, 4.69) is 17.4 Å². The second kappa shape index (κ2) is 4.88. The van der Waals surface area contributed by atoms with Gasteiger partial charge in [0.1, 0.15) is 0 Å². The van der Waals surface area contributed by atoms with Crippen molar-refractivity contribution in [3.63, 3.8) is 0 Å². The molecule has 0 saturated carbocycles. The van der Waals surface area contributed by atoms with Crippen LogP contribution in [0.25, 0.3) is 0 Å². The van der Waals surface area contributed by atoms with Gasteiger partial charge in [0.15, 0.2) is 0 Å². The Kier molecular flexibility index (Phi) is 3.48. The Labute approximate surface area is 102 Å². The van der Waals surface area contributed by atoms with Crippen LogP contribution in [-0.2, 0) is 17.6 Å². The first-order valence-electron chi connectivity index (χ1n) is 6.20.